The average Bonchev–Trinajstić information content (AvgIpc) is 3.19. The number of alkyl halides is 2. The number of anilines is 2. The Morgan fingerprint density at radius 2 is 1.61 bits per heavy atom. The third-order valence-corrected chi connectivity index (χ3v) is 5.69. The number of benzene rings is 2. The number of carbonyl (C=O) groups is 2. The highest BCUT2D eigenvalue weighted by atomic mass is 35.5. The van der Waals surface area contributed by atoms with Gasteiger partial charge in [0.15, 0.2) is 0 Å². The molecule has 2 aromatic carbocycles. The largest absolute Gasteiger partial charge is 0.326 e. The summed E-state index contributed by atoms with van der Waals surface area (Å²) in [6.07, 6.45) is 3.16. The number of aromatic nitrogens is 2. The van der Waals surface area contributed by atoms with Crippen LogP contribution in [0.3, 0.4) is 0 Å². The summed E-state index contributed by atoms with van der Waals surface area (Å²) in [5.74, 6) is 0.829. The van der Waals surface area contributed by atoms with Gasteiger partial charge in [0.25, 0.3) is 5.56 Å². The normalized spacial score (nSPS) is 13.8. The smallest absolute Gasteiger partial charge is 0.261 e. The van der Waals surface area contributed by atoms with Gasteiger partial charge in [-0.25, -0.2) is 4.98 Å². The van der Waals surface area contributed by atoms with E-state index in [2.05, 4.69) is 10.6 Å². The number of nitrogens with one attached hydrogen (secondary N) is 2. The minimum Gasteiger partial charge on any atom is -0.326 e. The fourth-order valence-electron chi connectivity index (χ4n) is 3.71. The first-order valence-corrected chi connectivity index (χ1v) is 11.6. The summed E-state index contributed by atoms with van der Waals surface area (Å²) in [7, 11) is 0. The molecule has 2 heterocycles. The van der Waals surface area contributed by atoms with Crippen molar-refractivity contribution in [3.05, 3.63) is 64.2 Å². The molecule has 0 unspecified atom stereocenters. The van der Waals surface area contributed by atoms with Crippen molar-refractivity contribution in [2.45, 2.75) is 25.8 Å². The van der Waals surface area contributed by atoms with E-state index in [0.717, 1.165) is 11.1 Å². The quantitative estimate of drug-likeness (QED) is 0.483. The monoisotopic (exact) mass is 484 g/mol. The van der Waals surface area contributed by atoms with Crippen molar-refractivity contribution in [2.24, 2.45) is 0 Å². The number of rotatable bonds is 7. The van der Waals surface area contributed by atoms with Gasteiger partial charge in [-0.1, -0.05) is 12.1 Å². The number of hydrogen-bond donors (Lipinski definition) is 2. The van der Waals surface area contributed by atoms with Crippen LogP contribution >= 0.6 is 23.2 Å². The van der Waals surface area contributed by atoms with Crippen molar-refractivity contribution >= 4 is 68.9 Å². The van der Waals surface area contributed by atoms with Crippen molar-refractivity contribution in [2.75, 3.05) is 22.4 Å². The molecule has 1 aromatic heterocycles. The van der Waals surface area contributed by atoms with Crippen LogP contribution in [-0.4, -0.2) is 33.1 Å². The van der Waals surface area contributed by atoms with Gasteiger partial charge in [0.2, 0.25) is 11.8 Å². The SMILES string of the molecule is O=C(CCCl)Nc1ccc(/C=C2\CCn3c2nc2ccc(NC(=O)CCCl)cc2c3=O)cc1. The van der Waals surface area contributed by atoms with Crippen molar-refractivity contribution < 1.29 is 9.59 Å². The Morgan fingerprint density at radius 1 is 0.970 bits per heavy atom. The van der Waals surface area contributed by atoms with Crippen LogP contribution in [0.1, 0.15) is 30.7 Å². The van der Waals surface area contributed by atoms with E-state index in [4.69, 9.17) is 28.2 Å². The molecule has 9 heteroatoms. The zero-order valence-corrected chi connectivity index (χ0v) is 19.2. The third kappa shape index (κ3) is 5.26. The van der Waals surface area contributed by atoms with Gasteiger partial charge in [0.1, 0.15) is 5.82 Å². The van der Waals surface area contributed by atoms with E-state index in [1.54, 1.807) is 22.8 Å². The second-order valence-corrected chi connectivity index (χ2v) is 8.40. The van der Waals surface area contributed by atoms with Gasteiger partial charge in [-0.2, -0.15) is 0 Å². The highest BCUT2D eigenvalue weighted by Crippen LogP contribution is 2.28. The van der Waals surface area contributed by atoms with E-state index < -0.39 is 0 Å². The fraction of sp³-hybridized carbons (Fsp3) is 0.250. The van der Waals surface area contributed by atoms with Crippen molar-refractivity contribution in [1.29, 1.82) is 0 Å². The Morgan fingerprint density at radius 3 is 2.27 bits per heavy atom. The number of halogens is 2. The molecule has 3 aromatic rings. The lowest BCUT2D eigenvalue weighted by molar-refractivity contribution is -0.116. The second-order valence-electron chi connectivity index (χ2n) is 7.64. The van der Waals surface area contributed by atoms with Crippen LogP contribution in [0.2, 0.25) is 0 Å². The molecule has 0 radical (unpaired) electrons. The molecule has 170 valence electrons. The van der Waals surface area contributed by atoms with Crippen molar-refractivity contribution in [3.63, 3.8) is 0 Å². The van der Waals surface area contributed by atoms with E-state index >= 15 is 0 Å². The highest BCUT2D eigenvalue weighted by Gasteiger charge is 2.21. The Balaban J connectivity index is 1.60. The average molecular weight is 485 g/mol. The van der Waals surface area contributed by atoms with Crippen LogP contribution in [0.4, 0.5) is 11.4 Å². The van der Waals surface area contributed by atoms with Gasteiger partial charge >= 0.3 is 0 Å². The van der Waals surface area contributed by atoms with Crippen LogP contribution in [-0.2, 0) is 16.1 Å². The molecule has 0 atom stereocenters. The number of amides is 2. The lowest BCUT2D eigenvalue weighted by Crippen LogP contribution is -2.21. The maximum absolute atomic E-state index is 13.1. The minimum atomic E-state index is -0.201. The Kier molecular flexibility index (Phi) is 7.11. The summed E-state index contributed by atoms with van der Waals surface area (Å²) >= 11 is 11.2. The molecule has 0 saturated heterocycles. The summed E-state index contributed by atoms with van der Waals surface area (Å²) in [6, 6.07) is 12.6. The third-order valence-electron chi connectivity index (χ3n) is 5.31. The lowest BCUT2D eigenvalue weighted by atomic mass is 10.1. The Labute approximate surface area is 200 Å². The first-order valence-electron chi connectivity index (χ1n) is 10.6. The Bertz CT molecular complexity index is 1300. The maximum Gasteiger partial charge on any atom is 0.261 e. The molecule has 0 spiro atoms. The summed E-state index contributed by atoms with van der Waals surface area (Å²) in [6.45, 7) is 0.540. The molecular weight excluding hydrogens is 463 g/mol. The molecule has 7 nitrogen and oxygen atoms in total. The van der Waals surface area contributed by atoms with Crippen LogP contribution < -0.4 is 16.2 Å². The highest BCUT2D eigenvalue weighted by molar-refractivity contribution is 6.19. The minimum absolute atomic E-state index is 0.127. The van der Waals surface area contributed by atoms with E-state index in [1.165, 1.54) is 0 Å². The molecule has 0 saturated carbocycles. The number of nitrogens with zero attached hydrogens (tertiary/aromatic N) is 2. The van der Waals surface area contributed by atoms with Crippen LogP contribution in [0.5, 0.6) is 0 Å². The summed E-state index contributed by atoms with van der Waals surface area (Å²) in [5, 5.41) is 6.01. The summed E-state index contributed by atoms with van der Waals surface area (Å²) < 4.78 is 1.67. The molecule has 0 fully saturated rings. The zero-order valence-electron chi connectivity index (χ0n) is 17.7. The van der Waals surface area contributed by atoms with Crippen LogP contribution in [0, 0.1) is 0 Å². The maximum atomic E-state index is 13.1. The summed E-state index contributed by atoms with van der Waals surface area (Å²) in [4.78, 5) is 41.3. The topological polar surface area (TPSA) is 93.1 Å². The summed E-state index contributed by atoms with van der Waals surface area (Å²) in [5.41, 5.74) is 3.60. The first-order chi connectivity index (χ1) is 16.0. The number of allylic oxidation sites excluding steroid dienone is 1. The standard InChI is InChI=1S/C24H22Cl2N4O3/c25-10-7-21(31)27-17-3-1-15(2-4-17)13-16-9-12-30-23(16)29-20-6-5-18(14-19(20)24(30)33)28-22(32)8-11-26/h1-6,13-14H,7-12H2,(H,27,31)(H,28,32)/b16-13+. The van der Waals surface area contributed by atoms with E-state index in [1.807, 2.05) is 30.3 Å². The van der Waals surface area contributed by atoms with E-state index in [0.29, 0.717) is 41.1 Å². The van der Waals surface area contributed by atoms with E-state index in [9.17, 15) is 14.4 Å². The lowest BCUT2D eigenvalue weighted by Gasteiger charge is -2.08. The molecule has 1 aliphatic rings. The molecule has 2 amide bonds. The number of carbonyl (C=O) groups excluding carboxylic acids is 2. The second kappa shape index (κ2) is 10.2. The van der Waals surface area contributed by atoms with Gasteiger partial charge in [0, 0.05) is 42.5 Å². The fourth-order valence-corrected chi connectivity index (χ4v) is 4.06. The molecule has 1 aliphatic heterocycles. The molecule has 33 heavy (non-hydrogen) atoms. The molecular formula is C24H22Cl2N4O3. The predicted octanol–water partition coefficient (Wildman–Crippen LogP) is 4.48. The Hall–Kier alpha value is -3.16. The van der Waals surface area contributed by atoms with Gasteiger partial charge in [-0.15, -0.1) is 23.2 Å². The van der Waals surface area contributed by atoms with E-state index in [-0.39, 0.29) is 42.0 Å². The first kappa shape index (κ1) is 23.0. The van der Waals surface area contributed by atoms with Gasteiger partial charge in [-0.05, 0) is 54.0 Å². The molecule has 2 N–H and O–H groups in total. The van der Waals surface area contributed by atoms with Crippen LogP contribution in [0.25, 0.3) is 22.6 Å². The zero-order chi connectivity index (χ0) is 23.4. The van der Waals surface area contributed by atoms with Crippen LogP contribution in [0.15, 0.2) is 47.3 Å². The van der Waals surface area contributed by atoms with Gasteiger partial charge in [-0.3, -0.25) is 19.0 Å². The molecule has 4 rings (SSSR count). The predicted molar refractivity (Wildman–Crippen MR) is 133 cm³/mol. The number of hydrogen-bond acceptors (Lipinski definition) is 4. The number of fused-ring (bicyclic) bond motifs is 2. The van der Waals surface area contributed by atoms with Gasteiger partial charge < -0.3 is 10.6 Å². The van der Waals surface area contributed by atoms with Gasteiger partial charge in [0.05, 0.1) is 10.9 Å². The molecule has 0 bridgehead atoms. The van der Waals surface area contributed by atoms with Crippen molar-refractivity contribution in [3.8, 4) is 0 Å². The molecule has 0 aliphatic carbocycles. The van der Waals surface area contributed by atoms with Crippen molar-refractivity contribution in [1.82, 2.24) is 9.55 Å².